The van der Waals surface area contributed by atoms with Crippen LogP contribution >= 0.6 is 22.9 Å². The molecule has 0 saturated heterocycles. The first kappa shape index (κ1) is 28.8. The number of hydrogen-bond acceptors (Lipinski definition) is 6. The Morgan fingerprint density at radius 3 is 2.56 bits per heavy atom. The minimum absolute atomic E-state index is 0.0297. The van der Waals surface area contributed by atoms with Gasteiger partial charge in [-0.3, -0.25) is 19.4 Å². The van der Waals surface area contributed by atoms with Gasteiger partial charge in [0.05, 0.1) is 21.8 Å². The maximum absolute atomic E-state index is 13.9. The predicted molar refractivity (Wildman–Crippen MR) is 155 cm³/mol. The number of rotatable bonds is 7. The number of halogens is 4. The van der Waals surface area contributed by atoms with Crippen LogP contribution in [0, 0.1) is 0 Å². The quantitative estimate of drug-likeness (QED) is 0.243. The molecule has 1 aliphatic carbocycles. The number of nitrogens with zero attached hydrogens (tertiary/aromatic N) is 3. The molecule has 1 unspecified atom stereocenters. The topological polar surface area (TPSA) is 104 Å². The van der Waals surface area contributed by atoms with Gasteiger partial charge in [-0.15, -0.1) is 11.3 Å². The second-order valence-corrected chi connectivity index (χ2v) is 11.8. The van der Waals surface area contributed by atoms with Crippen LogP contribution in [0.1, 0.15) is 60.5 Å². The van der Waals surface area contributed by atoms with E-state index in [0.29, 0.717) is 33.9 Å². The first-order valence-corrected chi connectivity index (χ1v) is 14.5. The monoisotopic (exact) mass is 625 g/mol. The molecule has 6 rings (SSSR count). The third kappa shape index (κ3) is 6.25. The highest BCUT2D eigenvalue weighted by atomic mass is 35.5. The van der Waals surface area contributed by atoms with Gasteiger partial charge in [0.1, 0.15) is 16.7 Å². The van der Waals surface area contributed by atoms with Crippen molar-refractivity contribution in [3.05, 3.63) is 104 Å². The summed E-state index contributed by atoms with van der Waals surface area (Å²) in [6.07, 6.45) is 0.00549. The Morgan fingerprint density at radius 2 is 1.91 bits per heavy atom. The van der Waals surface area contributed by atoms with Gasteiger partial charge in [-0.25, -0.2) is 4.98 Å². The van der Waals surface area contributed by atoms with Crippen LogP contribution in [0.2, 0.25) is 5.02 Å². The van der Waals surface area contributed by atoms with E-state index in [9.17, 15) is 27.6 Å². The van der Waals surface area contributed by atoms with E-state index in [4.69, 9.17) is 11.6 Å². The Balaban J connectivity index is 1.25. The fourth-order valence-electron chi connectivity index (χ4n) is 4.82. The number of fused-ring (bicyclic) bond motifs is 1. The summed E-state index contributed by atoms with van der Waals surface area (Å²) in [5.41, 5.74) is 0.851. The van der Waals surface area contributed by atoms with Crippen molar-refractivity contribution in [1.82, 2.24) is 14.9 Å². The number of nitrogens with one attached hydrogen (secondary N) is 2. The normalized spacial score (nSPS) is 16.8. The molecule has 2 N–H and O–H groups in total. The van der Waals surface area contributed by atoms with E-state index < -0.39 is 23.7 Å². The van der Waals surface area contributed by atoms with Crippen molar-refractivity contribution in [3.8, 4) is 0 Å². The van der Waals surface area contributed by atoms with E-state index in [1.807, 2.05) is 12.1 Å². The Bertz CT molecular complexity index is 1710. The Labute approximate surface area is 252 Å². The average molecular weight is 626 g/mol. The Morgan fingerprint density at radius 1 is 1.09 bits per heavy atom. The van der Waals surface area contributed by atoms with Crippen LogP contribution in [0.25, 0.3) is 0 Å². The van der Waals surface area contributed by atoms with Crippen molar-refractivity contribution in [2.24, 2.45) is 0 Å². The fourth-order valence-corrected chi connectivity index (χ4v) is 6.35. The molecule has 4 aromatic rings. The van der Waals surface area contributed by atoms with Crippen molar-refractivity contribution in [2.45, 2.75) is 43.9 Å². The molecular weight excluding hydrogens is 603 g/mol. The number of anilines is 2. The van der Waals surface area contributed by atoms with E-state index in [1.165, 1.54) is 28.4 Å². The molecular formula is C30H23ClF3N5O3S. The molecule has 0 bridgehead atoms. The van der Waals surface area contributed by atoms with Crippen molar-refractivity contribution < 1.29 is 27.6 Å². The third-order valence-electron chi connectivity index (χ3n) is 7.21. The summed E-state index contributed by atoms with van der Waals surface area (Å²) in [4.78, 5) is 51.3. The smallest absolute Gasteiger partial charge is 0.323 e. The number of pyridine rings is 2. The molecule has 1 aromatic carbocycles. The first-order valence-electron chi connectivity index (χ1n) is 13.4. The van der Waals surface area contributed by atoms with E-state index in [2.05, 4.69) is 20.6 Å². The van der Waals surface area contributed by atoms with Crippen LogP contribution in [0.5, 0.6) is 0 Å². The summed E-state index contributed by atoms with van der Waals surface area (Å²) in [5, 5.41) is 5.44. The second kappa shape index (κ2) is 11.4. The van der Waals surface area contributed by atoms with Gasteiger partial charge in [0.25, 0.3) is 11.8 Å². The number of thiophene rings is 1. The number of carbonyl (C=O) groups is 3. The molecule has 0 radical (unpaired) electrons. The van der Waals surface area contributed by atoms with Crippen LogP contribution in [0.15, 0.2) is 67.0 Å². The maximum Gasteiger partial charge on any atom is 0.417 e. The lowest BCUT2D eigenvalue weighted by atomic mass is 10.1. The van der Waals surface area contributed by atoms with Gasteiger partial charge in [0.2, 0.25) is 5.91 Å². The largest absolute Gasteiger partial charge is 0.417 e. The molecule has 8 nitrogen and oxygen atoms in total. The molecule has 3 aromatic heterocycles. The fraction of sp³-hybridized carbons (Fsp3) is 0.233. The summed E-state index contributed by atoms with van der Waals surface area (Å²) in [6, 6.07) is 12.9. The summed E-state index contributed by atoms with van der Waals surface area (Å²) < 4.78 is 38.5. The van der Waals surface area contributed by atoms with Crippen molar-refractivity contribution in [3.63, 3.8) is 0 Å². The van der Waals surface area contributed by atoms with Crippen LogP contribution in [0.4, 0.5) is 24.7 Å². The lowest BCUT2D eigenvalue weighted by Gasteiger charge is -2.28. The highest BCUT2D eigenvalue weighted by Gasteiger charge is 2.39. The molecule has 220 valence electrons. The number of aromatic nitrogens is 2. The van der Waals surface area contributed by atoms with Gasteiger partial charge >= 0.3 is 6.18 Å². The highest BCUT2D eigenvalue weighted by molar-refractivity contribution is 7.14. The molecule has 2 aliphatic rings. The number of alkyl halides is 3. The van der Waals surface area contributed by atoms with Gasteiger partial charge in [0, 0.05) is 35.9 Å². The van der Waals surface area contributed by atoms with Crippen molar-refractivity contribution in [2.75, 3.05) is 10.6 Å². The van der Waals surface area contributed by atoms with Gasteiger partial charge in [-0.2, -0.15) is 13.2 Å². The van der Waals surface area contributed by atoms with E-state index in [-0.39, 0.29) is 41.2 Å². The molecule has 1 saturated carbocycles. The molecule has 0 spiro atoms. The van der Waals surface area contributed by atoms with Gasteiger partial charge in [0.15, 0.2) is 0 Å². The number of hydrogen-bond donors (Lipinski definition) is 2. The highest BCUT2D eigenvalue weighted by Crippen LogP contribution is 2.46. The summed E-state index contributed by atoms with van der Waals surface area (Å²) in [6.45, 7) is 0.0297. The standard InChI is InChI=1S/C30H23ClF3N5O3S/c31-21-11-16(4-8-20(21)27(40)38-25-9-7-18(14-36-25)30(32,33)34)15-39-23(12-19-3-1-2-10-35-19)28(41)37-22-13-24(17-5-6-17)43-26(22)29(39)42/h1-4,7-11,13-14,17,23H,5-6,12,15H2,(H,37,41)(H,36,38,40). The maximum atomic E-state index is 13.9. The van der Waals surface area contributed by atoms with Gasteiger partial charge < -0.3 is 15.5 Å². The van der Waals surface area contributed by atoms with Crippen LogP contribution in [-0.2, 0) is 23.9 Å². The number of benzene rings is 1. The zero-order valence-electron chi connectivity index (χ0n) is 22.3. The van der Waals surface area contributed by atoms with E-state index >= 15 is 0 Å². The number of amides is 3. The third-order valence-corrected chi connectivity index (χ3v) is 8.81. The summed E-state index contributed by atoms with van der Waals surface area (Å²) >= 11 is 7.86. The molecule has 13 heteroatoms. The predicted octanol–water partition coefficient (Wildman–Crippen LogP) is 6.55. The van der Waals surface area contributed by atoms with Crippen LogP contribution < -0.4 is 10.6 Å². The Hall–Kier alpha value is -4.29. The van der Waals surface area contributed by atoms with Crippen LogP contribution in [-0.4, -0.2) is 38.6 Å². The van der Waals surface area contributed by atoms with Crippen LogP contribution in [0.3, 0.4) is 0 Å². The summed E-state index contributed by atoms with van der Waals surface area (Å²) in [5.74, 6) is -0.955. The minimum Gasteiger partial charge on any atom is -0.323 e. The van der Waals surface area contributed by atoms with Crippen molar-refractivity contribution in [1.29, 1.82) is 0 Å². The Kier molecular flexibility index (Phi) is 7.65. The first-order chi connectivity index (χ1) is 20.6. The van der Waals surface area contributed by atoms with E-state index in [1.54, 1.807) is 24.4 Å². The van der Waals surface area contributed by atoms with Gasteiger partial charge in [-0.05, 0) is 66.8 Å². The molecule has 1 aliphatic heterocycles. The average Bonchev–Trinajstić information content (AvgIpc) is 3.75. The zero-order chi connectivity index (χ0) is 30.3. The SMILES string of the molecule is O=C(Nc1ccc(C(F)(F)F)cn1)c1ccc(CN2C(=O)c3sc(C4CC4)cc3NC(=O)C2Cc2ccccn2)cc1Cl. The second-order valence-electron chi connectivity index (χ2n) is 10.3. The lowest BCUT2D eigenvalue weighted by molar-refractivity contribution is -0.137. The zero-order valence-corrected chi connectivity index (χ0v) is 23.9. The minimum atomic E-state index is -4.55. The molecule has 43 heavy (non-hydrogen) atoms. The molecule has 3 amide bonds. The van der Waals surface area contributed by atoms with E-state index in [0.717, 1.165) is 29.9 Å². The summed E-state index contributed by atoms with van der Waals surface area (Å²) in [7, 11) is 0. The molecule has 1 fully saturated rings. The molecule has 4 heterocycles. The van der Waals surface area contributed by atoms with Gasteiger partial charge in [-0.1, -0.05) is 23.7 Å². The lowest BCUT2D eigenvalue weighted by Crippen LogP contribution is -2.46. The number of carbonyl (C=O) groups excluding carboxylic acids is 3. The molecule has 1 atom stereocenters. The van der Waals surface area contributed by atoms with Crippen molar-refractivity contribution >= 4 is 52.2 Å².